The summed E-state index contributed by atoms with van der Waals surface area (Å²) < 4.78 is 25.6. The van der Waals surface area contributed by atoms with Crippen LogP contribution in [-0.2, 0) is 10.0 Å². The number of hydrogen-bond acceptors (Lipinski definition) is 4. The number of aromatic nitrogens is 1. The first kappa shape index (κ1) is 13.4. The van der Waals surface area contributed by atoms with E-state index in [1.54, 1.807) is 6.92 Å². The summed E-state index contributed by atoms with van der Waals surface area (Å²) in [4.78, 5) is 3.74. The molecule has 2 N–H and O–H groups in total. The van der Waals surface area contributed by atoms with Crippen molar-refractivity contribution in [2.45, 2.75) is 23.3 Å². The van der Waals surface area contributed by atoms with Crippen LogP contribution in [0.4, 0.5) is 0 Å². The average Bonchev–Trinajstić information content (AvgIpc) is 2.28. The molecule has 0 aliphatic carbocycles. The Balaban J connectivity index is 2.75. The van der Waals surface area contributed by atoms with Crippen LogP contribution in [-0.4, -0.2) is 30.1 Å². The number of nitrogens with zero attached hydrogens (tertiary/aromatic N) is 1. The van der Waals surface area contributed by atoms with E-state index in [2.05, 4.69) is 9.71 Å². The predicted molar refractivity (Wildman–Crippen MR) is 60.5 cm³/mol. The zero-order valence-corrected chi connectivity index (χ0v) is 10.3. The van der Waals surface area contributed by atoms with Gasteiger partial charge >= 0.3 is 0 Å². The molecule has 1 rings (SSSR count). The lowest BCUT2D eigenvalue weighted by Crippen LogP contribution is -2.38. The van der Waals surface area contributed by atoms with Crippen molar-refractivity contribution < 1.29 is 13.5 Å². The normalized spacial score (nSPS) is 15.7. The number of nitrogens with one attached hydrogen (secondary N) is 1. The first-order chi connectivity index (χ1) is 7.37. The number of sulfonamides is 1. The second-order valence-corrected chi connectivity index (χ2v) is 5.76. The second kappa shape index (κ2) is 5.09. The van der Waals surface area contributed by atoms with E-state index >= 15 is 0 Å². The Bertz CT molecular complexity index is 433. The van der Waals surface area contributed by atoms with E-state index in [-0.39, 0.29) is 17.9 Å². The van der Waals surface area contributed by atoms with E-state index in [1.165, 1.54) is 24.5 Å². The first-order valence-electron chi connectivity index (χ1n) is 4.68. The Hall–Kier alpha value is -0.690. The third-order valence-electron chi connectivity index (χ3n) is 2.02. The highest BCUT2D eigenvalue weighted by Crippen LogP contribution is 2.15. The fourth-order valence-electron chi connectivity index (χ4n) is 0.920. The van der Waals surface area contributed by atoms with Crippen molar-refractivity contribution >= 4 is 21.6 Å². The van der Waals surface area contributed by atoms with Gasteiger partial charge in [-0.2, -0.15) is 0 Å². The molecule has 0 aromatic carbocycles. The molecule has 1 aromatic heterocycles. The van der Waals surface area contributed by atoms with Gasteiger partial charge in [0.05, 0.1) is 6.54 Å². The van der Waals surface area contributed by atoms with E-state index in [0.29, 0.717) is 0 Å². The fraction of sp³-hybridized carbons (Fsp3) is 0.444. The Morgan fingerprint density at radius 1 is 1.62 bits per heavy atom. The smallest absolute Gasteiger partial charge is 0.242 e. The molecule has 0 aliphatic rings. The molecule has 0 aliphatic heterocycles. The van der Waals surface area contributed by atoms with Crippen LogP contribution < -0.4 is 4.72 Å². The first-order valence-corrected chi connectivity index (χ1v) is 6.54. The van der Waals surface area contributed by atoms with Crippen LogP contribution >= 0.6 is 11.6 Å². The molecule has 5 nitrogen and oxygen atoms in total. The maximum atomic E-state index is 11.7. The van der Waals surface area contributed by atoms with Crippen LogP contribution in [0.5, 0.6) is 0 Å². The summed E-state index contributed by atoms with van der Waals surface area (Å²) in [5.41, 5.74) is 0. The molecule has 0 spiro atoms. The topological polar surface area (TPSA) is 79.3 Å². The van der Waals surface area contributed by atoms with E-state index in [0.717, 1.165) is 0 Å². The third kappa shape index (κ3) is 3.71. The highest BCUT2D eigenvalue weighted by Gasteiger charge is 2.24. The lowest BCUT2D eigenvalue weighted by Gasteiger charge is -2.18. The molecule has 1 aromatic rings. The van der Waals surface area contributed by atoms with Crippen molar-refractivity contribution in [1.29, 1.82) is 0 Å². The maximum Gasteiger partial charge on any atom is 0.242 e. The van der Waals surface area contributed by atoms with Crippen molar-refractivity contribution in [2.75, 3.05) is 6.54 Å². The van der Waals surface area contributed by atoms with Gasteiger partial charge in [-0.05, 0) is 18.6 Å². The summed E-state index contributed by atoms with van der Waals surface area (Å²) >= 11 is 5.63. The standard InChI is InChI=1S/C9H13ClN2O3S/c1-2-9(10,13)7-12-16(14,15)8-4-3-5-11-6-8/h3-6,12-13H,2,7H2,1H3. The van der Waals surface area contributed by atoms with Crippen molar-refractivity contribution in [3.8, 4) is 0 Å². The summed E-state index contributed by atoms with van der Waals surface area (Å²) in [5, 5.41) is 7.90. The molecule has 0 fully saturated rings. The van der Waals surface area contributed by atoms with Gasteiger partial charge in [0, 0.05) is 12.4 Å². The van der Waals surface area contributed by atoms with E-state index in [1.807, 2.05) is 0 Å². The zero-order chi connectivity index (χ0) is 12.2. The van der Waals surface area contributed by atoms with Crippen molar-refractivity contribution in [3.05, 3.63) is 24.5 Å². The number of pyridine rings is 1. The summed E-state index contributed by atoms with van der Waals surface area (Å²) in [6, 6.07) is 2.93. The number of hydrogen-bond donors (Lipinski definition) is 2. The van der Waals surface area contributed by atoms with Crippen molar-refractivity contribution in [1.82, 2.24) is 9.71 Å². The lowest BCUT2D eigenvalue weighted by molar-refractivity contribution is 0.129. The van der Waals surface area contributed by atoms with Gasteiger partial charge in [0.25, 0.3) is 0 Å². The zero-order valence-electron chi connectivity index (χ0n) is 8.72. The molecule has 0 radical (unpaired) electrons. The van der Waals surface area contributed by atoms with Gasteiger partial charge in [-0.3, -0.25) is 4.98 Å². The van der Waals surface area contributed by atoms with Gasteiger partial charge in [-0.15, -0.1) is 0 Å². The fourth-order valence-corrected chi connectivity index (χ4v) is 2.12. The maximum absolute atomic E-state index is 11.7. The van der Waals surface area contributed by atoms with Crippen LogP contribution in [0.25, 0.3) is 0 Å². The highest BCUT2D eigenvalue weighted by molar-refractivity contribution is 7.89. The molecule has 90 valence electrons. The lowest BCUT2D eigenvalue weighted by atomic mass is 10.3. The molecule has 1 atom stereocenters. The van der Waals surface area contributed by atoms with Gasteiger partial charge in [-0.25, -0.2) is 13.1 Å². The number of rotatable bonds is 5. The highest BCUT2D eigenvalue weighted by atomic mass is 35.5. The molecule has 0 saturated carbocycles. The molecule has 16 heavy (non-hydrogen) atoms. The minimum absolute atomic E-state index is 0.0403. The third-order valence-corrected chi connectivity index (χ3v) is 3.81. The van der Waals surface area contributed by atoms with Gasteiger partial charge in [0.1, 0.15) is 4.90 Å². The Morgan fingerprint density at radius 3 is 2.81 bits per heavy atom. The number of alkyl halides is 1. The van der Waals surface area contributed by atoms with Crippen LogP contribution in [0.3, 0.4) is 0 Å². The summed E-state index contributed by atoms with van der Waals surface area (Å²) in [5.74, 6) is 0. The minimum Gasteiger partial charge on any atom is -0.374 e. The molecule has 0 amide bonds. The second-order valence-electron chi connectivity index (χ2n) is 3.28. The molecule has 7 heteroatoms. The van der Waals surface area contributed by atoms with Crippen LogP contribution in [0.1, 0.15) is 13.3 Å². The van der Waals surface area contributed by atoms with Gasteiger partial charge in [0.2, 0.25) is 10.0 Å². The number of aliphatic hydroxyl groups is 1. The van der Waals surface area contributed by atoms with Crippen molar-refractivity contribution in [2.24, 2.45) is 0 Å². The van der Waals surface area contributed by atoms with Crippen LogP contribution in [0.15, 0.2) is 29.4 Å². The minimum atomic E-state index is -3.66. The molecule has 1 unspecified atom stereocenters. The molecular weight excluding hydrogens is 252 g/mol. The monoisotopic (exact) mass is 264 g/mol. The van der Waals surface area contributed by atoms with Gasteiger partial charge in [-0.1, -0.05) is 18.5 Å². The Kier molecular flexibility index (Phi) is 4.26. The quantitative estimate of drug-likeness (QED) is 0.767. The van der Waals surface area contributed by atoms with E-state index < -0.39 is 15.1 Å². The van der Waals surface area contributed by atoms with E-state index in [9.17, 15) is 13.5 Å². The van der Waals surface area contributed by atoms with Crippen LogP contribution in [0.2, 0.25) is 0 Å². The summed E-state index contributed by atoms with van der Waals surface area (Å²) in [7, 11) is -3.66. The summed E-state index contributed by atoms with van der Waals surface area (Å²) in [6.45, 7) is 1.41. The average molecular weight is 265 g/mol. The Morgan fingerprint density at radius 2 is 2.31 bits per heavy atom. The SMILES string of the molecule is CCC(O)(Cl)CNS(=O)(=O)c1cccnc1. The largest absolute Gasteiger partial charge is 0.374 e. The van der Waals surface area contributed by atoms with E-state index in [4.69, 9.17) is 11.6 Å². The van der Waals surface area contributed by atoms with Crippen molar-refractivity contribution in [3.63, 3.8) is 0 Å². The molecular formula is C9H13ClN2O3S. The molecule has 0 saturated heterocycles. The number of halogens is 1. The van der Waals surface area contributed by atoms with Gasteiger partial charge in [0.15, 0.2) is 5.06 Å². The molecule has 0 bridgehead atoms. The predicted octanol–water partition coefficient (Wildman–Crippen LogP) is 0.697. The molecule has 1 heterocycles. The summed E-state index contributed by atoms with van der Waals surface area (Å²) in [6.07, 6.45) is 2.94. The van der Waals surface area contributed by atoms with Crippen LogP contribution in [0, 0.1) is 0 Å². The van der Waals surface area contributed by atoms with Gasteiger partial charge < -0.3 is 5.11 Å². The Labute approximate surface area is 99.5 Å².